The number of hydrogen-bond donors (Lipinski definition) is 1. The third-order valence-corrected chi connectivity index (χ3v) is 3.12. The van der Waals surface area contributed by atoms with E-state index in [2.05, 4.69) is 10.1 Å². The average molecular weight is 215 g/mol. The van der Waals surface area contributed by atoms with Gasteiger partial charge in [-0.3, -0.25) is 10.1 Å². The number of carbonyl (C=O) groups excluding carboxylic acids is 1. The van der Waals surface area contributed by atoms with Crippen LogP contribution in [0, 0.1) is 0 Å². The second kappa shape index (κ2) is 4.47. The molecule has 1 atom stereocenters. The standard InChI is InChI=1S/C10H17NO4/c1-13-9(12)8-6-15-10(7-11-8)2-4-14-5-3-10/h8,11H,2-7H2,1H3. The molecule has 1 N–H and O–H groups in total. The van der Waals surface area contributed by atoms with Gasteiger partial charge in [0, 0.05) is 32.6 Å². The molecule has 86 valence electrons. The molecule has 1 unspecified atom stereocenters. The molecule has 0 aromatic carbocycles. The third kappa shape index (κ3) is 2.30. The first-order valence-electron chi connectivity index (χ1n) is 5.29. The maximum Gasteiger partial charge on any atom is 0.325 e. The van der Waals surface area contributed by atoms with Gasteiger partial charge in [-0.25, -0.2) is 0 Å². The molecule has 0 bridgehead atoms. The van der Waals surface area contributed by atoms with Crippen molar-refractivity contribution in [1.82, 2.24) is 5.32 Å². The van der Waals surface area contributed by atoms with E-state index in [-0.39, 0.29) is 17.6 Å². The van der Waals surface area contributed by atoms with E-state index in [0.717, 1.165) is 26.1 Å². The molecule has 2 heterocycles. The molecule has 0 saturated carbocycles. The van der Waals surface area contributed by atoms with Crippen molar-refractivity contribution in [2.24, 2.45) is 0 Å². The number of ether oxygens (including phenoxy) is 3. The fourth-order valence-electron chi connectivity index (χ4n) is 2.04. The summed E-state index contributed by atoms with van der Waals surface area (Å²) in [7, 11) is 1.39. The molecule has 2 aliphatic heterocycles. The molecule has 2 saturated heterocycles. The fourth-order valence-corrected chi connectivity index (χ4v) is 2.04. The molecule has 15 heavy (non-hydrogen) atoms. The predicted octanol–water partition coefficient (Wildman–Crippen LogP) is -0.303. The topological polar surface area (TPSA) is 56.8 Å². The highest BCUT2D eigenvalue weighted by atomic mass is 16.5. The van der Waals surface area contributed by atoms with Gasteiger partial charge in [0.2, 0.25) is 0 Å². The van der Waals surface area contributed by atoms with Crippen LogP contribution in [0.5, 0.6) is 0 Å². The Bertz CT molecular complexity index is 228. The Morgan fingerprint density at radius 3 is 2.73 bits per heavy atom. The van der Waals surface area contributed by atoms with Crippen LogP contribution in [-0.2, 0) is 19.0 Å². The fraction of sp³-hybridized carbons (Fsp3) is 0.900. The zero-order valence-corrected chi connectivity index (χ0v) is 8.95. The molecule has 0 radical (unpaired) electrons. The number of morpholine rings is 1. The predicted molar refractivity (Wildman–Crippen MR) is 52.5 cm³/mol. The van der Waals surface area contributed by atoms with E-state index in [4.69, 9.17) is 9.47 Å². The summed E-state index contributed by atoms with van der Waals surface area (Å²) >= 11 is 0. The van der Waals surface area contributed by atoms with Crippen LogP contribution in [0.15, 0.2) is 0 Å². The molecule has 0 aromatic heterocycles. The molecule has 0 aliphatic carbocycles. The largest absolute Gasteiger partial charge is 0.468 e. The van der Waals surface area contributed by atoms with Crippen molar-refractivity contribution < 1.29 is 19.0 Å². The van der Waals surface area contributed by atoms with Gasteiger partial charge in [-0.2, -0.15) is 0 Å². The molecule has 2 rings (SSSR count). The van der Waals surface area contributed by atoms with E-state index in [1.165, 1.54) is 7.11 Å². The summed E-state index contributed by atoms with van der Waals surface area (Å²) in [5.74, 6) is -0.253. The van der Waals surface area contributed by atoms with Gasteiger partial charge in [-0.05, 0) is 0 Å². The normalized spacial score (nSPS) is 30.1. The van der Waals surface area contributed by atoms with E-state index in [0.29, 0.717) is 13.2 Å². The summed E-state index contributed by atoms with van der Waals surface area (Å²) in [4.78, 5) is 11.2. The molecule has 5 nitrogen and oxygen atoms in total. The molecule has 0 aromatic rings. The molecule has 0 amide bonds. The Morgan fingerprint density at radius 2 is 2.20 bits per heavy atom. The smallest absolute Gasteiger partial charge is 0.325 e. The number of rotatable bonds is 1. The van der Waals surface area contributed by atoms with Crippen molar-refractivity contribution >= 4 is 5.97 Å². The minimum absolute atomic E-state index is 0.122. The van der Waals surface area contributed by atoms with Gasteiger partial charge in [0.1, 0.15) is 6.04 Å². The molecule has 5 heteroatoms. The van der Waals surface area contributed by atoms with Crippen LogP contribution in [0.3, 0.4) is 0 Å². The second-order valence-corrected chi connectivity index (χ2v) is 4.06. The lowest BCUT2D eigenvalue weighted by Gasteiger charge is -2.42. The highest BCUT2D eigenvalue weighted by Gasteiger charge is 2.39. The Balaban J connectivity index is 1.88. The van der Waals surface area contributed by atoms with E-state index in [1.807, 2.05) is 0 Å². The summed E-state index contributed by atoms with van der Waals surface area (Å²) in [6, 6.07) is -0.316. The lowest BCUT2D eigenvalue weighted by molar-refractivity contribution is -0.161. The monoisotopic (exact) mass is 215 g/mol. The lowest BCUT2D eigenvalue weighted by atomic mass is 9.92. The first kappa shape index (κ1) is 10.9. The number of carbonyl (C=O) groups is 1. The van der Waals surface area contributed by atoms with Crippen LogP contribution in [0.2, 0.25) is 0 Å². The molecule has 1 spiro atoms. The van der Waals surface area contributed by atoms with E-state index in [1.54, 1.807) is 0 Å². The first-order valence-corrected chi connectivity index (χ1v) is 5.29. The van der Waals surface area contributed by atoms with Crippen LogP contribution in [0.4, 0.5) is 0 Å². The molecular formula is C10H17NO4. The number of esters is 1. The van der Waals surface area contributed by atoms with Crippen LogP contribution in [-0.4, -0.2) is 51.1 Å². The van der Waals surface area contributed by atoms with Gasteiger partial charge in [0.05, 0.1) is 19.3 Å². The quantitative estimate of drug-likeness (QED) is 0.608. The van der Waals surface area contributed by atoms with Crippen LogP contribution in [0.1, 0.15) is 12.8 Å². The van der Waals surface area contributed by atoms with Crippen molar-refractivity contribution in [2.75, 3.05) is 33.5 Å². The maximum atomic E-state index is 11.2. The Morgan fingerprint density at radius 1 is 1.47 bits per heavy atom. The van der Waals surface area contributed by atoms with E-state index in [9.17, 15) is 4.79 Å². The van der Waals surface area contributed by atoms with Crippen molar-refractivity contribution in [1.29, 1.82) is 0 Å². The zero-order chi connectivity index (χ0) is 10.7. The van der Waals surface area contributed by atoms with Gasteiger partial charge >= 0.3 is 5.97 Å². The molecule has 2 aliphatic rings. The summed E-state index contributed by atoms with van der Waals surface area (Å²) in [5, 5.41) is 3.18. The second-order valence-electron chi connectivity index (χ2n) is 4.06. The Hall–Kier alpha value is -0.650. The first-order chi connectivity index (χ1) is 7.26. The Labute approximate surface area is 89.1 Å². The lowest BCUT2D eigenvalue weighted by Crippen LogP contribution is -2.59. The summed E-state index contributed by atoms with van der Waals surface area (Å²) < 4.78 is 15.8. The van der Waals surface area contributed by atoms with Gasteiger partial charge in [-0.15, -0.1) is 0 Å². The zero-order valence-electron chi connectivity index (χ0n) is 8.95. The van der Waals surface area contributed by atoms with Gasteiger partial charge in [-0.1, -0.05) is 0 Å². The van der Waals surface area contributed by atoms with Gasteiger partial charge in [0.25, 0.3) is 0 Å². The van der Waals surface area contributed by atoms with E-state index >= 15 is 0 Å². The SMILES string of the molecule is COC(=O)C1COC2(CCOCC2)CN1. The minimum Gasteiger partial charge on any atom is -0.468 e. The van der Waals surface area contributed by atoms with Crippen LogP contribution in [0.25, 0.3) is 0 Å². The van der Waals surface area contributed by atoms with E-state index < -0.39 is 0 Å². The summed E-state index contributed by atoms with van der Waals surface area (Å²) in [5.41, 5.74) is -0.122. The third-order valence-electron chi connectivity index (χ3n) is 3.12. The molecule has 2 fully saturated rings. The number of nitrogens with one attached hydrogen (secondary N) is 1. The van der Waals surface area contributed by atoms with Crippen molar-refractivity contribution in [2.45, 2.75) is 24.5 Å². The average Bonchev–Trinajstić information content (AvgIpc) is 2.30. The maximum absolute atomic E-state index is 11.2. The summed E-state index contributed by atoms with van der Waals surface area (Å²) in [6.45, 7) is 2.58. The van der Waals surface area contributed by atoms with Crippen molar-refractivity contribution in [3.05, 3.63) is 0 Å². The van der Waals surface area contributed by atoms with Crippen molar-refractivity contribution in [3.63, 3.8) is 0 Å². The highest BCUT2D eigenvalue weighted by molar-refractivity contribution is 5.75. The minimum atomic E-state index is -0.316. The Kier molecular flexibility index (Phi) is 3.23. The molecular weight excluding hydrogens is 198 g/mol. The van der Waals surface area contributed by atoms with Crippen molar-refractivity contribution in [3.8, 4) is 0 Å². The highest BCUT2D eigenvalue weighted by Crippen LogP contribution is 2.27. The van der Waals surface area contributed by atoms with Gasteiger partial charge < -0.3 is 14.2 Å². The van der Waals surface area contributed by atoms with Crippen LogP contribution >= 0.6 is 0 Å². The number of methoxy groups -OCH3 is 1. The van der Waals surface area contributed by atoms with Crippen LogP contribution < -0.4 is 5.32 Å². The number of hydrogen-bond acceptors (Lipinski definition) is 5. The summed E-state index contributed by atoms with van der Waals surface area (Å²) in [6.07, 6.45) is 1.79. The van der Waals surface area contributed by atoms with Gasteiger partial charge in [0.15, 0.2) is 0 Å².